The number of carbonyl (C=O) groups is 1. The van der Waals surface area contributed by atoms with Crippen molar-refractivity contribution in [3.05, 3.63) is 54.1 Å². The molecule has 0 unspecified atom stereocenters. The van der Waals surface area contributed by atoms with Crippen LogP contribution in [-0.4, -0.2) is 29.5 Å². The molecule has 1 heterocycles. The third-order valence-corrected chi connectivity index (χ3v) is 5.83. The van der Waals surface area contributed by atoms with Crippen molar-refractivity contribution < 1.29 is 9.53 Å². The van der Waals surface area contributed by atoms with E-state index in [-0.39, 0.29) is 11.7 Å². The van der Waals surface area contributed by atoms with Crippen molar-refractivity contribution in [2.75, 3.05) is 12.4 Å². The highest BCUT2D eigenvalue weighted by Crippen LogP contribution is 2.28. The van der Waals surface area contributed by atoms with Crippen molar-refractivity contribution in [3.63, 3.8) is 0 Å². The van der Waals surface area contributed by atoms with E-state index in [0.717, 1.165) is 45.3 Å². The molecule has 0 bridgehead atoms. The second-order valence-corrected chi connectivity index (χ2v) is 8.05. The predicted octanol–water partition coefficient (Wildman–Crippen LogP) is 4.72. The summed E-state index contributed by atoms with van der Waals surface area (Å²) in [4.78, 5) is 16.4. The molecule has 0 fully saturated rings. The molecule has 0 spiro atoms. The van der Waals surface area contributed by atoms with Crippen LogP contribution in [0.4, 0.5) is 0 Å². The van der Waals surface area contributed by atoms with E-state index in [4.69, 9.17) is 4.74 Å². The summed E-state index contributed by atoms with van der Waals surface area (Å²) in [5, 5.41) is 4.01. The van der Waals surface area contributed by atoms with Crippen molar-refractivity contribution in [2.24, 2.45) is 5.10 Å². The predicted molar refractivity (Wildman–Crippen MR) is 113 cm³/mol. The zero-order chi connectivity index (χ0) is 18.9. The van der Waals surface area contributed by atoms with Gasteiger partial charge in [0.15, 0.2) is 4.34 Å². The highest BCUT2D eigenvalue weighted by Gasteiger charge is 2.06. The number of thioether (sulfide) groups is 1. The molecule has 1 amide bonds. The van der Waals surface area contributed by atoms with Gasteiger partial charge in [-0.25, -0.2) is 10.4 Å². The smallest absolute Gasteiger partial charge is 0.250 e. The van der Waals surface area contributed by atoms with E-state index in [2.05, 4.69) is 22.4 Å². The molecule has 0 aliphatic heterocycles. The van der Waals surface area contributed by atoms with Crippen LogP contribution in [0.2, 0.25) is 0 Å². The number of para-hydroxylation sites is 1. The standard InChI is InChI=1S/C20H21N3O2S2/c1-2-3-12-25-16-10-8-15(9-11-16)13-21-23-19(24)14-26-20-22-17-6-4-5-7-18(17)27-20/h4-11,13H,2-3,12,14H2,1H3,(H,23,24)/b21-13-. The lowest BCUT2D eigenvalue weighted by atomic mass is 10.2. The van der Waals surface area contributed by atoms with Gasteiger partial charge in [-0.2, -0.15) is 5.10 Å². The van der Waals surface area contributed by atoms with Crippen LogP contribution in [0, 0.1) is 0 Å². The Morgan fingerprint density at radius 2 is 2.07 bits per heavy atom. The lowest BCUT2D eigenvalue weighted by molar-refractivity contribution is -0.118. The SMILES string of the molecule is CCCCOc1ccc(/C=N\NC(=O)CSc2nc3ccccc3s2)cc1. The number of benzene rings is 2. The maximum atomic E-state index is 11.9. The Balaban J connectivity index is 1.42. The molecule has 5 nitrogen and oxygen atoms in total. The molecule has 7 heteroatoms. The number of unbranched alkanes of at least 4 members (excludes halogenated alkanes) is 1. The quantitative estimate of drug-likeness (QED) is 0.245. The molecule has 0 saturated carbocycles. The average Bonchev–Trinajstić information content (AvgIpc) is 3.11. The molecule has 2 aromatic carbocycles. The van der Waals surface area contributed by atoms with Gasteiger partial charge >= 0.3 is 0 Å². The van der Waals surface area contributed by atoms with Crippen LogP contribution in [0.5, 0.6) is 5.75 Å². The van der Waals surface area contributed by atoms with E-state index >= 15 is 0 Å². The summed E-state index contributed by atoms with van der Waals surface area (Å²) in [5.41, 5.74) is 4.41. The van der Waals surface area contributed by atoms with Crippen molar-refractivity contribution in [1.82, 2.24) is 10.4 Å². The van der Waals surface area contributed by atoms with E-state index < -0.39 is 0 Å². The van der Waals surface area contributed by atoms with Gasteiger partial charge in [-0.3, -0.25) is 4.79 Å². The zero-order valence-electron chi connectivity index (χ0n) is 15.1. The number of ether oxygens (including phenoxy) is 1. The van der Waals surface area contributed by atoms with Gasteiger partial charge in [0.1, 0.15) is 5.75 Å². The van der Waals surface area contributed by atoms with Crippen LogP contribution < -0.4 is 10.2 Å². The molecule has 0 aliphatic rings. The fourth-order valence-corrected chi connectivity index (χ4v) is 4.10. The minimum Gasteiger partial charge on any atom is -0.494 e. The maximum absolute atomic E-state index is 11.9. The zero-order valence-corrected chi connectivity index (χ0v) is 16.7. The van der Waals surface area contributed by atoms with E-state index in [1.807, 2.05) is 48.5 Å². The number of carbonyl (C=O) groups excluding carboxylic acids is 1. The van der Waals surface area contributed by atoms with Crippen molar-refractivity contribution in [1.29, 1.82) is 0 Å². The van der Waals surface area contributed by atoms with E-state index in [1.165, 1.54) is 11.8 Å². The summed E-state index contributed by atoms with van der Waals surface area (Å²) in [5.74, 6) is 0.966. The molecule has 0 saturated heterocycles. The first-order valence-corrected chi connectivity index (χ1v) is 10.6. The van der Waals surface area contributed by atoms with Crippen LogP contribution >= 0.6 is 23.1 Å². The van der Waals surface area contributed by atoms with Crippen LogP contribution in [0.3, 0.4) is 0 Å². The highest BCUT2D eigenvalue weighted by molar-refractivity contribution is 8.01. The normalized spacial score (nSPS) is 11.1. The number of amides is 1. The number of nitrogens with one attached hydrogen (secondary N) is 1. The van der Waals surface area contributed by atoms with Crippen molar-refractivity contribution >= 4 is 45.4 Å². The Bertz CT molecular complexity index is 874. The molecule has 1 N–H and O–H groups in total. The fraction of sp³-hybridized carbons (Fsp3) is 0.250. The molecule has 1 aromatic heterocycles. The first kappa shape index (κ1) is 19.4. The molecule has 3 rings (SSSR count). The van der Waals surface area contributed by atoms with Crippen LogP contribution in [-0.2, 0) is 4.79 Å². The first-order chi connectivity index (χ1) is 13.2. The summed E-state index contributed by atoms with van der Waals surface area (Å²) in [6.07, 6.45) is 3.78. The van der Waals surface area contributed by atoms with Crippen LogP contribution in [0.15, 0.2) is 58.0 Å². The lowest BCUT2D eigenvalue weighted by Gasteiger charge is -2.04. The number of aromatic nitrogens is 1. The third-order valence-electron chi connectivity index (χ3n) is 3.65. The molecule has 0 aliphatic carbocycles. The number of thiazole rings is 1. The van der Waals surface area contributed by atoms with E-state index in [0.29, 0.717) is 0 Å². The number of fused-ring (bicyclic) bond motifs is 1. The maximum Gasteiger partial charge on any atom is 0.250 e. The van der Waals surface area contributed by atoms with Gasteiger partial charge in [0.05, 0.1) is 28.8 Å². The largest absolute Gasteiger partial charge is 0.494 e. The van der Waals surface area contributed by atoms with Gasteiger partial charge in [-0.15, -0.1) is 11.3 Å². The van der Waals surface area contributed by atoms with Crippen molar-refractivity contribution in [2.45, 2.75) is 24.1 Å². The van der Waals surface area contributed by atoms with Crippen LogP contribution in [0.1, 0.15) is 25.3 Å². The Morgan fingerprint density at radius 3 is 2.85 bits per heavy atom. The summed E-state index contributed by atoms with van der Waals surface area (Å²) in [6, 6.07) is 15.6. The Morgan fingerprint density at radius 1 is 1.26 bits per heavy atom. The highest BCUT2D eigenvalue weighted by atomic mass is 32.2. The number of hydrogen-bond donors (Lipinski definition) is 1. The third kappa shape index (κ3) is 6.08. The van der Waals surface area contributed by atoms with Gasteiger partial charge in [0.2, 0.25) is 0 Å². The second-order valence-electron chi connectivity index (χ2n) is 5.80. The van der Waals surface area contributed by atoms with Crippen LogP contribution in [0.25, 0.3) is 10.2 Å². The first-order valence-electron chi connectivity index (χ1n) is 8.78. The summed E-state index contributed by atoms with van der Waals surface area (Å²) in [6.45, 7) is 2.86. The number of hydrogen-bond acceptors (Lipinski definition) is 6. The minimum atomic E-state index is -0.157. The monoisotopic (exact) mass is 399 g/mol. The van der Waals surface area contributed by atoms with Gasteiger partial charge in [0, 0.05) is 0 Å². The summed E-state index contributed by atoms with van der Waals surface area (Å²) >= 11 is 3.01. The molecule has 0 radical (unpaired) electrons. The molecule has 27 heavy (non-hydrogen) atoms. The summed E-state index contributed by atoms with van der Waals surface area (Å²) in [7, 11) is 0. The molecular weight excluding hydrogens is 378 g/mol. The van der Waals surface area contributed by atoms with E-state index in [9.17, 15) is 4.79 Å². The van der Waals surface area contributed by atoms with Gasteiger partial charge in [-0.05, 0) is 48.4 Å². The molecule has 140 valence electrons. The number of nitrogens with zero attached hydrogens (tertiary/aromatic N) is 2. The Labute approximate surface area is 166 Å². The van der Waals surface area contributed by atoms with E-state index in [1.54, 1.807) is 17.6 Å². The molecule has 3 aromatic rings. The Kier molecular flexibility index (Phi) is 7.24. The van der Waals surface area contributed by atoms with Crippen molar-refractivity contribution in [3.8, 4) is 5.75 Å². The number of hydrazone groups is 1. The molecule has 0 atom stereocenters. The fourth-order valence-electron chi connectivity index (χ4n) is 2.24. The number of rotatable bonds is 9. The average molecular weight is 400 g/mol. The van der Waals surface area contributed by atoms with Gasteiger partial charge in [0.25, 0.3) is 5.91 Å². The van der Waals surface area contributed by atoms with Gasteiger partial charge < -0.3 is 4.74 Å². The second kappa shape index (κ2) is 10.1. The summed E-state index contributed by atoms with van der Waals surface area (Å²) < 4.78 is 7.63. The van der Waals surface area contributed by atoms with Gasteiger partial charge in [-0.1, -0.05) is 37.2 Å². The minimum absolute atomic E-state index is 0.157. The Hall–Kier alpha value is -2.38. The topological polar surface area (TPSA) is 63.6 Å². The lowest BCUT2D eigenvalue weighted by Crippen LogP contribution is -2.19. The molecular formula is C20H21N3O2S2.